The van der Waals surface area contributed by atoms with Gasteiger partial charge in [-0.2, -0.15) is 0 Å². The van der Waals surface area contributed by atoms with Gasteiger partial charge >= 0.3 is 5.97 Å². The highest BCUT2D eigenvalue weighted by atomic mass is 35.5. The maximum Gasteiger partial charge on any atom is 0.339 e. The summed E-state index contributed by atoms with van der Waals surface area (Å²) in [6.45, 7) is 0.258. The molecule has 0 aliphatic carbocycles. The number of rotatable bonds is 3. The molecule has 2 rings (SSSR count). The van der Waals surface area contributed by atoms with Crippen molar-refractivity contribution in [2.75, 3.05) is 20.8 Å². The Bertz CT molecular complexity index is 436. The molecule has 0 aromatic heterocycles. The summed E-state index contributed by atoms with van der Waals surface area (Å²) in [5, 5.41) is 0. The van der Waals surface area contributed by atoms with Gasteiger partial charge in [-0.1, -0.05) is 0 Å². The molecule has 0 spiro atoms. The lowest BCUT2D eigenvalue weighted by molar-refractivity contribution is 0.0402. The van der Waals surface area contributed by atoms with E-state index in [1.54, 1.807) is 19.2 Å². The predicted octanol–water partition coefficient (Wildman–Crippen LogP) is 1.30. The summed E-state index contributed by atoms with van der Waals surface area (Å²) in [4.78, 5) is 11.5. The fraction of sp³-hybridized carbons (Fsp3) is 0.364. The number of methoxy groups -OCH3 is 2. The third kappa shape index (κ3) is 2.16. The van der Waals surface area contributed by atoms with Crippen molar-refractivity contribution in [3.63, 3.8) is 0 Å². The molecule has 1 aliphatic rings. The van der Waals surface area contributed by atoms with E-state index >= 15 is 0 Å². The average molecular weight is 260 g/mol. The van der Waals surface area contributed by atoms with E-state index in [0.717, 1.165) is 5.56 Å². The number of fused-ring (bicyclic) bond motifs is 1. The number of nitrogens with two attached hydrogens (primary N) is 1. The fourth-order valence-electron chi connectivity index (χ4n) is 1.77. The highest BCUT2D eigenvalue weighted by Gasteiger charge is 2.31. The number of benzene rings is 1. The average Bonchev–Trinajstić information content (AvgIpc) is 2.63. The molecule has 0 amide bonds. The second kappa shape index (κ2) is 5.25. The van der Waals surface area contributed by atoms with Crippen LogP contribution in [0.15, 0.2) is 12.1 Å². The molecule has 17 heavy (non-hydrogen) atoms. The first-order valence-electron chi connectivity index (χ1n) is 4.88. The standard InChI is InChI=1S/C11H13NO4.ClH/c1-14-8-3-6-7(4-9(8)15-2)11(13)16-10(6)5-12;/h3-4,10H,5,12H2,1-2H3;1H. The van der Waals surface area contributed by atoms with Crippen LogP contribution in [0.4, 0.5) is 0 Å². The number of hydrogen-bond donors (Lipinski definition) is 1. The number of ether oxygens (including phenoxy) is 3. The molecule has 1 unspecified atom stereocenters. The summed E-state index contributed by atoms with van der Waals surface area (Å²) in [6.07, 6.45) is -0.387. The van der Waals surface area contributed by atoms with E-state index in [2.05, 4.69) is 0 Å². The van der Waals surface area contributed by atoms with E-state index in [0.29, 0.717) is 17.1 Å². The van der Waals surface area contributed by atoms with Gasteiger partial charge in [0.15, 0.2) is 11.5 Å². The van der Waals surface area contributed by atoms with Gasteiger partial charge in [0.2, 0.25) is 0 Å². The van der Waals surface area contributed by atoms with Crippen LogP contribution in [0.1, 0.15) is 22.0 Å². The van der Waals surface area contributed by atoms with Gasteiger partial charge < -0.3 is 19.9 Å². The predicted molar refractivity (Wildman–Crippen MR) is 64.0 cm³/mol. The molecule has 1 aliphatic heterocycles. The Balaban J connectivity index is 0.00000144. The maximum atomic E-state index is 11.5. The summed E-state index contributed by atoms with van der Waals surface area (Å²) in [6, 6.07) is 3.35. The van der Waals surface area contributed by atoms with Crippen LogP contribution in [-0.4, -0.2) is 26.7 Å². The van der Waals surface area contributed by atoms with Crippen molar-refractivity contribution in [1.82, 2.24) is 0 Å². The summed E-state index contributed by atoms with van der Waals surface area (Å²) in [7, 11) is 3.06. The zero-order valence-electron chi connectivity index (χ0n) is 9.56. The highest BCUT2D eigenvalue weighted by Crippen LogP contribution is 2.38. The normalized spacial score (nSPS) is 16.9. The van der Waals surface area contributed by atoms with Crippen LogP contribution in [0.25, 0.3) is 0 Å². The molecule has 1 aromatic carbocycles. The SMILES string of the molecule is COc1cc2c(cc1OC)C(CN)OC2=O.Cl. The minimum Gasteiger partial charge on any atom is -0.493 e. The third-order valence-electron chi connectivity index (χ3n) is 2.59. The first-order valence-corrected chi connectivity index (χ1v) is 4.88. The van der Waals surface area contributed by atoms with Crippen molar-refractivity contribution in [2.45, 2.75) is 6.10 Å². The minimum absolute atomic E-state index is 0. The van der Waals surface area contributed by atoms with Gasteiger partial charge in [-0.15, -0.1) is 12.4 Å². The Kier molecular flexibility index (Phi) is 4.20. The summed E-state index contributed by atoms with van der Waals surface area (Å²) in [5.74, 6) is 0.709. The van der Waals surface area contributed by atoms with Crippen LogP contribution in [0.5, 0.6) is 11.5 Å². The molecule has 1 aromatic rings. The second-order valence-corrected chi connectivity index (χ2v) is 3.42. The third-order valence-corrected chi connectivity index (χ3v) is 2.59. The number of halogens is 1. The molecule has 0 radical (unpaired) electrons. The van der Waals surface area contributed by atoms with Crippen LogP contribution < -0.4 is 15.2 Å². The van der Waals surface area contributed by atoms with Crippen LogP contribution in [0.2, 0.25) is 0 Å². The smallest absolute Gasteiger partial charge is 0.339 e. The maximum absolute atomic E-state index is 11.5. The van der Waals surface area contributed by atoms with Gasteiger partial charge in [-0.25, -0.2) is 4.79 Å². The van der Waals surface area contributed by atoms with Gasteiger partial charge in [0, 0.05) is 12.1 Å². The van der Waals surface area contributed by atoms with Crippen LogP contribution in [0.3, 0.4) is 0 Å². The Morgan fingerprint density at radius 3 is 2.41 bits per heavy atom. The second-order valence-electron chi connectivity index (χ2n) is 3.42. The zero-order chi connectivity index (χ0) is 11.7. The molecule has 0 fully saturated rings. The van der Waals surface area contributed by atoms with Crippen LogP contribution in [0, 0.1) is 0 Å². The van der Waals surface area contributed by atoms with Crippen LogP contribution in [-0.2, 0) is 4.74 Å². The lowest BCUT2D eigenvalue weighted by Crippen LogP contribution is -2.11. The van der Waals surface area contributed by atoms with E-state index in [1.807, 2.05) is 0 Å². The lowest BCUT2D eigenvalue weighted by Gasteiger charge is -2.10. The molecule has 0 saturated carbocycles. The molecule has 2 N–H and O–H groups in total. The van der Waals surface area contributed by atoms with Crippen molar-refractivity contribution in [3.05, 3.63) is 23.3 Å². The Morgan fingerprint density at radius 1 is 1.29 bits per heavy atom. The number of hydrogen-bond acceptors (Lipinski definition) is 5. The Morgan fingerprint density at radius 2 is 1.88 bits per heavy atom. The molecule has 6 heteroatoms. The van der Waals surface area contributed by atoms with Gasteiger partial charge in [0.25, 0.3) is 0 Å². The molecule has 5 nitrogen and oxygen atoms in total. The first kappa shape index (κ1) is 13.6. The van der Waals surface area contributed by atoms with Gasteiger partial charge in [0.1, 0.15) is 6.10 Å². The topological polar surface area (TPSA) is 70.8 Å². The highest BCUT2D eigenvalue weighted by molar-refractivity contribution is 5.95. The van der Waals surface area contributed by atoms with Crippen molar-refractivity contribution < 1.29 is 19.0 Å². The molecule has 1 heterocycles. The van der Waals surface area contributed by atoms with Gasteiger partial charge in [-0.05, 0) is 12.1 Å². The monoisotopic (exact) mass is 259 g/mol. The minimum atomic E-state index is -0.387. The Hall–Kier alpha value is -1.46. The lowest BCUT2D eigenvalue weighted by atomic mass is 10.0. The van der Waals surface area contributed by atoms with Gasteiger partial charge in [-0.3, -0.25) is 0 Å². The first-order chi connectivity index (χ1) is 7.71. The summed E-state index contributed by atoms with van der Waals surface area (Å²) >= 11 is 0. The molecule has 0 saturated heterocycles. The molecular weight excluding hydrogens is 246 g/mol. The largest absolute Gasteiger partial charge is 0.493 e. The molecule has 0 bridgehead atoms. The zero-order valence-corrected chi connectivity index (χ0v) is 10.4. The molecule has 94 valence electrons. The van der Waals surface area contributed by atoms with Crippen molar-refractivity contribution in [1.29, 1.82) is 0 Å². The van der Waals surface area contributed by atoms with Crippen molar-refractivity contribution in [2.24, 2.45) is 5.73 Å². The van der Waals surface area contributed by atoms with Crippen molar-refractivity contribution in [3.8, 4) is 11.5 Å². The number of carbonyl (C=O) groups is 1. The molecule has 1 atom stereocenters. The van der Waals surface area contributed by atoms with Gasteiger partial charge in [0.05, 0.1) is 19.8 Å². The summed E-state index contributed by atoms with van der Waals surface area (Å²) < 4.78 is 15.4. The summed E-state index contributed by atoms with van der Waals surface area (Å²) in [5.41, 5.74) is 6.77. The Labute approximate surface area is 105 Å². The number of carbonyl (C=O) groups excluding carboxylic acids is 1. The molecular formula is C11H14ClNO4. The van der Waals surface area contributed by atoms with E-state index in [1.165, 1.54) is 7.11 Å². The van der Waals surface area contributed by atoms with E-state index in [-0.39, 0.29) is 31.0 Å². The van der Waals surface area contributed by atoms with E-state index < -0.39 is 0 Å². The fourth-order valence-corrected chi connectivity index (χ4v) is 1.77. The quantitative estimate of drug-likeness (QED) is 0.829. The van der Waals surface area contributed by atoms with E-state index in [9.17, 15) is 4.79 Å². The number of esters is 1. The van der Waals surface area contributed by atoms with Crippen molar-refractivity contribution >= 4 is 18.4 Å². The van der Waals surface area contributed by atoms with Crippen LogP contribution >= 0.6 is 12.4 Å². The number of cyclic esters (lactones) is 1. The van der Waals surface area contributed by atoms with E-state index in [4.69, 9.17) is 19.9 Å².